The summed E-state index contributed by atoms with van der Waals surface area (Å²) >= 11 is 0. The lowest BCUT2D eigenvalue weighted by Crippen LogP contribution is -2.44. The number of hydrogen-bond acceptors (Lipinski definition) is 4. The van der Waals surface area contributed by atoms with E-state index >= 15 is 0 Å². The van der Waals surface area contributed by atoms with Gasteiger partial charge in [-0.1, -0.05) is 48.5 Å². The lowest BCUT2D eigenvalue weighted by molar-refractivity contribution is -0.140. The summed E-state index contributed by atoms with van der Waals surface area (Å²) in [5.74, 6) is -0.470. The maximum Gasteiger partial charge on any atom is 0.325 e. The number of aliphatic carboxylic acids is 1. The molecule has 29 heavy (non-hydrogen) atoms. The van der Waals surface area contributed by atoms with E-state index in [4.69, 9.17) is 4.74 Å². The number of ether oxygens (including phenoxy) is 1. The van der Waals surface area contributed by atoms with Crippen LogP contribution in [-0.2, 0) is 14.8 Å². The van der Waals surface area contributed by atoms with E-state index in [0.717, 1.165) is 5.56 Å². The minimum atomic E-state index is -4.02. The summed E-state index contributed by atoms with van der Waals surface area (Å²) in [6.07, 6.45) is 0.209. The van der Waals surface area contributed by atoms with Crippen LogP contribution in [0.25, 0.3) is 0 Å². The highest BCUT2D eigenvalue weighted by Gasteiger charge is 2.63. The van der Waals surface area contributed by atoms with Gasteiger partial charge in [0, 0.05) is 5.92 Å². The second-order valence-corrected chi connectivity index (χ2v) is 8.62. The first-order chi connectivity index (χ1) is 13.9. The van der Waals surface area contributed by atoms with Gasteiger partial charge in [-0.25, -0.2) is 8.42 Å². The van der Waals surface area contributed by atoms with Crippen molar-refractivity contribution in [2.75, 3.05) is 0 Å². The Bertz CT molecular complexity index is 1110. The van der Waals surface area contributed by atoms with Gasteiger partial charge in [0.25, 0.3) is 0 Å². The van der Waals surface area contributed by atoms with E-state index in [0.29, 0.717) is 11.5 Å². The van der Waals surface area contributed by atoms with Gasteiger partial charge in [0.1, 0.15) is 17.0 Å². The Labute approximate surface area is 168 Å². The fourth-order valence-corrected chi connectivity index (χ4v) is 4.76. The van der Waals surface area contributed by atoms with Crippen LogP contribution in [0.3, 0.4) is 0 Å². The molecule has 1 fully saturated rings. The molecule has 4 rings (SSSR count). The van der Waals surface area contributed by atoms with E-state index in [1.165, 1.54) is 24.3 Å². The summed E-state index contributed by atoms with van der Waals surface area (Å²) in [7, 11) is -4.02. The van der Waals surface area contributed by atoms with E-state index in [2.05, 4.69) is 4.72 Å². The molecule has 7 heteroatoms. The maximum absolute atomic E-state index is 12.8. The second kappa shape index (κ2) is 7.35. The Hall–Kier alpha value is -3.16. The van der Waals surface area contributed by atoms with Crippen molar-refractivity contribution in [2.24, 2.45) is 0 Å². The van der Waals surface area contributed by atoms with Crippen LogP contribution in [0.4, 0.5) is 0 Å². The average Bonchev–Trinajstić information content (AvgIpc) is 3.45. The molecule has 2 N–H and O–H groups in total. The summed E-state index contributed by atoms with van der Waals surface area (Å²) in [6, 6.07) is 24.0. The standard InChI is InChI=1S/C22H19NO5S/c24-21(25)22(15-20(22)16-7-3-1-4-8-16)23-29(26,27)19-13-11-18(12-14-19)28-17-9-5-2-6-10-17/h1-14,20,23H,15H2,(H,24,25)/t20-,22+/m0/s1. The molecule has 0 heterocycles. The van der Waals surface area contributed by atoms with E-state index in [9.17, 15) is 18.3 Å². The molecule has 3 aromatic carbocycles. The van der Waals surface area contributed by atoms with Gasteiger partial charge in [0.05, 0.1) is 4.90 Å². The van der Waals surface area contributed by atoms with Gasteiger partial charge in [-0.2, -0.15) is 4.72 Å². The molecule has 0 unspecified atom stereocenters. The third-order valence-electron chi connectivity index (χ3n) is 4.97. The van der Waals surface area contributed by atoms with Crippen molar-refractivity contribution in [1.82, 2.24) is 4.72 Å². The fourth-order valence-electron chi connectivity index (χ4n) is 3.35. The van der Waals surface area contributed by atoms with Crippen molar-refractivity contribution in [1.29, 1.82) is 0 Å². The van der Waals surface area contributed by atoms with E-state index in [1.807, 2.05) is 24.3 Å². The van der Waals surface area contributed by atoms with E-state index < -0.39 is 27.4 Å². The molecule has 1 aliphatic carbocycles. The van der Waals surface area contributed by atoms with Gasteiger partial charge < -0.3 is 9.84 Å². The molecule has 0 spiro atoms. The van der Waals surface area contributed by atoms with Gasteiger partial charge in [-0.3, -0.25) is 4.79 Å². The average molecular weight is 409 g/mol. The van der Waals surface area contributed by atoms with Crippen LogP contribution in [0, 0.1) is 0 Å². The zero-order valence-electron chi connectivity index (χ0n) is 15.4. The first-order valence-corrected chi connectivity index (χ1v) is 10.5. The number of sulfonamides is 1. The van der Waals surface area contributed by atoms with Crippen LogP contribution in [0.1, 0.15) is 17.9 Å². The predicted octanol–water partition coefficient (Wildman–Crippen LogP) is 3.77. The third-order valence-corrected chi connectivity index (χ3v) is 6.50. The van der Waals surface area contributed by atoms with Gasteiger partial charge in [0.15, 0.2) is 0 Å². The number of rotatable bonds is 7. The fraction of sp³-hybridized carbons (Fsp3) is 0.136. The number of nitrogens with one attached hydrogen (secondary N) is 1. The van der Waals surface area contributed by atoms with E-state index in [-0.39, 0.29) is 11.3 Å². The molecule has 0 aromatic heterocycles. The summed E-state index contributed by atoms with van der Waals surface area (Å²) < 4.78 is 33.7. The summed E-state index contributed by atoms with van der Waals surface area (Å²) in [6.45, 7) is 0. The smallest absolute Gasteiger partial charge is 0.325 e. The lowest BCUT2D eigenvalue weighted by atomic mass is 10.1. The molecule has 2 atom stereocenters. The summed E-state index contributed by atoms with van der Waals surface area (Å²) in [4.78, 5) is 11.9. The number of carboxylic acids is 1. The minimum absolute atomic E-state index is 0.0164. The Morgan fingerprint density at radius 2 is 1.45 bits per heavy atom. The van der Waals surface area contributed by atoms with Crippen LogP contribution < -0.4 is 9.46 Å². The zero-order chi connectivity index (χ0) is 20.5. The van der Waals surface area contributed by atoms with E-state index in [1.54, 1.807) is 36.4 Å². The molecule has 0 aliphatic heterocycles. The van der Waals surface area contributed by atoms with Crippen molar-refractivity contribution >= 4 is 16.0 Å². The van der Waals surface area contributed by atoms with Crippen LogP contribution in [0.2, 0.25) is 0 Å². The van der Waals surface area contributed by atoms with Crippen molar-refractivity contribution < 1.29 is 23.1 Å². The van der Waals surface area contributed by atoms with Gasteiger partial charge >= 0.3 is 5.97 Å². The van der Waals surface area contributed by atoms with Crippen molar-refractivity contribution in [3.8, 4) is 11.5 Å². The molecule has 0 amide bonds. The number of benzene rings is 3. The maximum atomic E-state index is 12.8. The van der Waals surface area contributed by atoms with Crippen molar-refractivity contribution in [3.63, 3.8) is 0 Å². The molecule has 0 bridgehead atoms. The highest BCUT2D eigenvalue weighted by Crippen LogP contribution is 2.52. The minimum Gasteiger partial charge on any atom is -0.480 e. The normalized spacial score (nSPS) is 20.8. The quantitative estimate of drug-likeness (QED) is 0.620. The SMILES string of the molecule is O=C(O)[C@@]1(NS(=O)(=O)c2ccc(Oc3ccccc3)cc2)C[C@H]1c1ccccc1. The van der Waals surface area contributed by atoms with Gasteiger partial charge in [0.2, 0.25) is 10.0 Å². The molecule has 1 saturated carbocycles. The number of para-hydroxylation sites is 1. The topological polar surface area (TPSA) is 92.7 Å². The Balaban J connectivity index is 1.53. The van der Waals surface area contributed by atoms with Gasteiger partial charge in [-0.05, 0) is 48.4 Å². The van der Waals surface area contributed by atoms with Crippen molar-refractivity contribution in [3.05, 3.63) is 90.5 Å². The Morgan fingerprint density at radius 1 is 0.897 bits per heavy atom. The number of carboxylic acid groups (broad SMARTS) is 1. The first kappa shape index (κ1) is 19.2. The van der Waals surface area contributed by atoms with Crippen molar-refractivity contribution in [2.45, 2.75) is 22.8 Å². The van der Waals surface area contributed by atoms with Crippen LogP contribution in [-0.4, -0.2) is 25.0 Å². The highest BCUT2D eigenvalue weighted by atomic mass is 32.2. The summed E-state index contributed by atoms with van der Waals surface area (Å²) in [5.41, 5.74) is -0.733. The molecule has 148 valence electrons. The molecular weight excluding hydrogens is 390 g/mol. The van der Waals surface area contributed by atoms with Crippen LogP contribution in [0.5, 0.6) is 11.5 Å². The molecule has 1 aliphatic rings. The molecule has 6 nitrogen and oxygen atoms in total. The monoisotopic (exact) mass is 409 g/mol. The summed E-state index contributed by atoms with van der Waals surface area (Å²) in [5, 5.41) is 9.71. The molecule has 3 aromatic rings. The lowest BCUT2D eigenvalue weighted by Gasteiger charge is -2.16. The third kappa shape index (κ3) is 3.87. The van der Waals surface area contributed by atoms with Crippen LogP contribution in [0.15, 0.2) is 89.8 Å². The highest BCUT2D eigenvalue weighted by molar-refractivity contribution is 7.89. The Morgan fingerprint density at radius 3 is 2.03 bits per heavy atom. The number of hydrogen-bond donors (Lipinski definition) is 2. The Kier molecular flexibility index (Phi) is 4.86. The largest absolute Gasteiger partial charge is 0.480 e. The molecule has 0 radical (unpaired) electrons. The van der Waals surface area contributed by atoms with Crippen LogP contribution >= 0.6 is 0 Å². The zero-order valence-corrected chi connectivity index (χ0v) is 16.2. The molecule has 0 saturated heterocycles. The first-order valence-electron chi connectivity index (χ1n) is 9.06. The predicted molar refractivity (Wildman–Crippen MR) is 107 cm³/mol. The number of carbonyl (C=O) groups is 1. The van der Waals surface area contributed by atoms with Gasteiger partial charge in [-0.15, -0.1) is 0 Å². The molecular formula is C22H19NO5S. The second-order valence-electron chi connectivity index (χ2n) is 6.94.